The summed E-state index contributed by atoms with van der Waals surface area (Å²) in [5, 5.41) is 0.917. The molecule has 2 aliphatic heterocycles. The Kier molecular flexibility index (Phi) is 7.99. The van der Waals surface area contributed by atoms with Crippen molar-refractivity contribution in [3.8, 4) is 11.5 Å². The second-order valence-corrected chi connectivity index (χ2v) is 11.1. The molecule has 210 valence electrons. The lowest BCUT2D eigenvalue weighted by atomic mass is 10.1. The second-order valence-electron chi connectivity index (χ2n) is 11.1. The van der Waals surface area contributed by atoms with Crippen LogP contribution >= 0.6 is 0 Å². The van der Waals surface area contributed by atoms with Gasteiger partial charge in [0, 0.05) is 69.7 Å². The van der Waals surface area contributed by atoms with Crippen molar-refractivity contribution in [2.24, 2.45) is 0 Å². The number of amides is 1. The van der Waals surface area contributed by atoms with Crippen molar-refractivity contribution in [1.29, 1.82) is 0 Å². The molecule has 10 nitrogen and oxygen atoms in total. The molecule has 1 amide bonds. The van der Waals surface area contributed by atoms with Crippen molar-refractivity contribution in [3.63, 3.8) is 0 Å². The molecule has 5 rings (SSSR count). The Hall–Kier alpha value is -3.69. The van der Waals surface area contributed by atoms with Gasteiger partial charge in [0.15, 0.2) is 11.5 Å². The lowest BCUT2D eigenvalue weighted by Gasteiger charge is -2.36. The van der Waals surface area contributed by atoms with Crippen LogP contribution in [-0.4, -0.2) is 84.1 Å². The molecule has 4 heterocycles. The number of benzene rings is 1. The summed E-state index contributed by atoms with van der Waals surface area (Å²) in [6.07, 6.45) is 7.01. The highest BCUT2D eigenvalue weighted by molar-refractivity contribution is 5.93. The number of aryl methyl sites for hydroxylation is 1. The number of hydrogen-bond donors (Lipinski definition) is 0. The summed E-state index contributed by atoms with van der Waals surface area (Å²) in [6, 6.07) is 8.02. The molecule has 0 radical (unpaired) electrons. The maximum atomic E-state index is 12.6. The summed E-state index contributed by atoms with van der Waals surface area (Å²) in [5.74, 6) is 2.95. The van der Waals surface area contributed by atoms with Gasteiger partial charge in [-0.05, 0) is 58.2 Å². The number of methoxy groups -OCH3 is 1. The molecule has 0 saturated carbocycles. The quantitative estimate of drug-likeness (QED) is 0.387. The number of hydrogen-bond acceptors (Lipinski definition) is 8. The van der Waals surface area contributed by atoms with Gasteiger partial charge in [0.05, 0.1) is 19.2 Å². The Morgan fingerprint density at radius 3 is 2.31 bits per heavy atom. The summed E-state index contributed by atoms with van der Waals surface area (Å²) in [5.41, 5.74) is 0.318. The van der Waals surface area contributed by atoms with E-state index in [0.717, 1.165) is 61.6 Å². The molecular formula is C29H40N6O4. The molecule has 2 aliphatic rings. The van der Waals surface area contributed by atoms with Crippen LogP contribution in [0.3, 0.4) is 0 Å². The van der Waals surface area contributed by atoms with Crippen LogP contribution < -0.4 is 19.3 Å². The Labute approximate surface area is 230 Å². The number of anilines is 2. The minimum atomic E-state index is -0.514. The lowest BCUT2D eigenvalue weighted by molar-refractivity contribution is 0.0240. The van der Waals surface area contributed by atoms with Gasteiger partial charge in [0.25, 0.3) is 0 Å². The fourth-order valence-electron chi connectivity index (χ4n) is 5.06. The molecule has 3 aromatic rings. The first-order chi connectivity index (χ1) is 18.8. The Balaban J connectivity index is 1.38. The van der Waals surface area contributed by atoms with E-state index in [4.69, 9.17) is 24.2 Å². The first-order valence-electron chi connectivity index (χ1n) is 13.9. The van der Waals surface area contributed by atoms with Gasteiger partial charge >= 0.3 is 6.09 Å². The van der Waals surface area contributed by atoms with Crippen LogP contribution in [0.25, 0.3) is 10.9 Å². The number of ether oxygens (including phenoxy) is 3. The number of carbonyl (C=O) groups excluding carboxylic acids is 1. The Morgan fingerprint density at radius 2 is 1.64 bits per heavy atom. The first-order valence-corrected chi connectivity index (χ1v) is 13.9. The highest BCUT2D eigenvalue weighted by Gasteiger charge is 2.28. The third-order valence-electron chi connectivity index (χ3n) is 7.05. The number of nitrogens with zero attached hydrogens (tertiary/aromatic N) is 6. The van der Waals surface area contributed by atoms with Gasteiger partial charge < -0.3 is 33.5 Å². The first kappa shape index (κ1) is 26.9. The molecule has 2 aromatic heterocycles. The Morgan fingerprint density at radius 1 is 0.923 bits per heavy atom. The normalized spacial score (nSPS) is 16.2. The van der Waals surface area contributed by atoms with Crippen molar-refractivity contribution in [3.05, 3.63) is 36.7 Å². The van der Waals surface area contributed by atoms with Gasteiger partial charge in [-0.15, -0.1) is 0 Å². The van der Waals surface area contributed by atoms with Gasteiger partial charge in [-0.1, -0.05) is 0 Å². The van der Waals surface area contributed by atoms with E-state index >= 15 is 0 Å². The molecule has 39 heavy (non-hydrogen) atoms. The van der Waals surface area contributed by atoms with Crippen LogP contribution in [0.2, 0.25) is 0 Å². The molecule has 0 spiro atoms. The van der Waals surface area contributed by atoms with Crippen molar-refractivity contribution in [2.45, 2.75) is 52.2 Å². The maximum Gasteiger partial charge on any atom is 0.410 e. The molecule has 0 N–H and O–H groups in total. The molecule has 2 saturated heterocycles. The molecule has 1 aromatic carbocycles. The zero-order valence-electron chi connectivity index (χ0n) is 23.6. The number of fused-ring (bicyclic) bond motifs is 1. The summed E-state index contributed by atoms with van der Waals surface area (Å²) in [4.78, 5) is 28.9. The van der Waals surface area contributed by atoms with E-state index in [1.54, 1.807) is 12.0 Å². The third-order valence-corrected chi connectivity index (χ3v) is 7.05. The van der Waals surface area contributed by atoms with Gasteiger partial charge in [-0.2, -0.15) is 4.98 Å². The van der Waals surface area contributed by atoms with E-state index in [9.17, 15) is 4.79 Å². The zero-order valence-corrected chi connectivity index (χ0v) is 23.6. The molecule has 10 heteroatoms. The second kappa shape index (κ2) is 11.6. The minimum Gasteiger partial charge on any atom is -0.493 e. The molecule has 2 fully saturated rings. The van der Waals surface area contributed by atoms with Gasteiger partial charge in [0.2, 0.25) is 5.95 Å². The molecule has 0 atom stereocenters. The van der Waals surface area contributed by atoms with Crippen molar-refractivity contribution >= 4 is 28.8 Å². The minimum absolute atomic E-state index is 0.271. The molecule has 0 bridgehead atoms. The number of piperazine rings is 1. The standard InChI is InChI=1S/C29H40N6O4/c1-29(2,3)39-28(36)35-17-15-33(16-18-35)26-22-20-24(37-4)25(38-19-9-12-32-10-5-6-11-32)21-23(22)30-27(31-26)34-13-7-8-14-34/h5-6,10-11,20-21H,7-9,12-19H2,1-4H3. The monoisotopic (exact) mass is 536 g/mol. The van der Waals surface area contributed by atoms with Gasteiger partial charge in [0.1, 0.15) is 11.4 Å². The van der Waals surface area contributed by atoms with Crippen LogP contribution in [0.1, 0.15) is 40.0 Å². The smallest absolute Gasteiger partial charge is 0.410 e. The number of rotatable bonds is 8. The van der Waals surface area contributed by atoms with Crippen LogP contribution in [0.4, 0.5) is 16.6 Å². The fourth-order valence-corrected chi connectivity index (χ4v) is 5.06. The van der Waals surface area contributed by atoms with Crippen molar-refractivity contribution in [1.82, 2.24) is 19.4 Å². The van der Waals surface area contributed by atoms with Crippen molar-refractivity contribution < 1.29 is 19.0 Å². The van der Waals surface area contributed by atoms with E-state index in [1.165, 1.54) is 0 Å². The fraction of sp³-hybridized carbons (Fsp3) is 0.552. The van der Waals surface area contributed by atoms with E-state index in [-0.39, 0.29) is 6.09 Å². The van der Waals surface area contributed by atoms with E-state index < -0.39 is 5.60 Å². The average Bonchev–Trinajstić information content (AvgIpc) is 3.64. The van der Waals surface area contributed by atoms with E-state index in [0.29, 0.717) is 44.3 Å². The third kappa shape index (κ3) is 6.49. The summed E-state index contributed by atoms with van der Waals surface area (Å²) in [6.45, 7) is 11.5. The van der Waals surface area contributed by atoms with Crippen LogP contribution in [0.5, 0.6) is 11.5 Å². The summed E-state index contributed by atoms with van der Waals surface area (Å²) < 4.78 is 19.6. The molecular weight excluding hydrogens is 496 g/mol. The SMILES string of the molecule is COc1cc2c(N3CCN(C(=O)OC(C)(C)C)CC3)nc(N3CCCC3)nc2cc1OCCCn1cccc1. The number of aromatic nitrogens is 3. The number of carbonyl (C=O) groups is 1. The predicted molar refractivity (Wildman–Crippen MR) is 152 cm³/mol. The van der Waals surface area contributed by atoms with Crippen LogP contribution in [0, 0.1) is 0 Å². The lowest BCUT2D eigenvalue weighted by Crippen LogP contribution is -2.50. The van der Waals surface area contributed by atoms with Gasteiger partial charge in [-0.3, -0.25) is 0 Å². The summed E-state index contributed by atoms with van der Waals surface area (Å²) >= 11 is 0. The zero-order chi connectivity index (χ0) is 27.4. The maximum absolute atomic E-state index is 12.6. The molecule has 0 aliphatic carbocycles. The Bertz CT molecular complexity index is 1260. The van der Waals surface area contributed by atoms with E-state index in [2.05, 4.69) is 26.8 Å². The largest absolute Gasteiger partial charge is 0.493 e. The van der Waals surface area contributed by atoms with Gasteiger partial charge in [-0.25, -0.2) is 9.78 Å². The van der Waals surface area contributed by atoms with E-state index in [1.807, 2.05) is 45.0 Å². The molecule has 0 unspecified atom stereocenters. The highest BCUT2D eigenvalue weighted by Crippen LogP contribution is 2.37. The van der Waals surface area contributed by atoms with Crippen molar-refractivity contribution in [2.75, 3.05) is 62.8 Å². The van der Waals surface area contributed by atoms with Crippen LogP contribution in [-0.2, 0) is 11.3 Å². The highest BCUT2D eigenvalue weighted by atomic mass is 16.6. The van der Waals surface area contributed by atoms with Crippen LogP contribution in [0.15, 0.2) is 36.7 Å². The average molecular weight is 537 g/mol. The summed E-state index contributed by atoms with van der Waals surface area (Å²) in [7, 11) is 1.66. The predicted octanol–water partition coefficient (Wildman–Crippen LogP) is 4.57. The topological polar surface area (TPSA) is 85.2 Å².